The van der Waals surface area contributed by atoms with Crippen LogP contribution in [0.1, 0.15) is 17.3 Å². The minimum Gasteiger partial charge on any atom is -0.447 e. The van der Waals surface area contributed by atoms with Crippen LogP contribution >= 0.6 is 0 Å². The van der Waals surface area contributed by atoms with Crippen molar-refractivity contribution in [2.45, 2.75) is 6.92 Å². The average molecular weight is 275 g/mol. The van der Waals surface area contributed by atoms with Gasteiger partial charge in [0.25, 0.3) is 0 Å². The first-order valence-corrected chi connectivity index (χ1v) is 5.71. The lowest BCUT2D eigenvalue weighted by atomic mass is 10.1. The second-order valence-corrected chi connectivity index (χ2v) is 4.03. The summed E-state index contributed by atoms with van der Waals surface area (Å²) in [5.41, 5.74) is -0.0832. The van der Waals surface area contributed by atoms with Crippen LogP contribution in [-0.4, -0.2) is 10.7 Å². The van der Waals surface area contributed by atoms with E-state index in [1.165, 1.54) is 37.3 Å². The number of hydrogen-bond acceptors (Lipinski definition) is 4. The van der Waals surface area contributed by atoms with E-state index < -0.39 is 10.7 Å². The fourth-order valence-electron chi connectivity index (χ4n) is 1.61. The Hall–Kier alpha value is -2.76. The molecule has 0 radical (unpaired) electrons. The Kier molecular flexibility index (Phi) is 3.74. The summed E-state index contributed by atoms with van der Waals surface area (Å²) >= 11 is 0. The molecule has 0 N–H and O–H groups in total. The number of ketones is 1. The van der Waals surface area contributed by atoms with E-state index in [0.717, 1.165) is 6.07 Å². The number of Topliss-reactive ketones (excluding diaryl/α,β-unsaturated/α-hetero) is 1. The van der Waals surface area contributed by atoms with Crippen molar-refractivity contribution in [2.24, 2.45) is 0 Å². The highest BCUT2D eigenvalue weighted by Gasteiger charge is 2.18. The van der Waals surface area contributed by atoms with Gasteiger partial charge >= 0.3 is 5.69 Å². The van der Waals surface area contributed by atoms with Crippen LogP contribution in [0.15, 0.2) is 42.5 Å². The zero-order chi connectivity index (χ0) is 14.7. The molecule has 0 unspecified atom stereocenters. The summed E-state index contributed by atoms with van der Waals surface area (Å²) in [7, 11) is 0. The Balaban J connectivity index is 2.48. The number of rotatable bonds is 4. The molecule has 2 rings (SSSR count). The molecule has 6 heteroatoms. The summed E-state index contributed by atoms with van der Waals surface area (Å²) in [5, 5.41) is 10.9. The number of benzene rings is 2. The van der Waals surface area contributed by atoms with Gasteiger partial charge in [0, 0.05) is 11.6 Å². The number of nitro groups is 1. The van der Waals surface area contributed by atoms with E-state index in [9.17, 15) is 19.3 Å². The Morgan fingerprint density at radius 2 is 1.90 bits per heavy atom. The number of nitro benzene ring substituents is 1. The van der Waals surface area contributed by atoms with Crippen LogP contribution in [0.25, 0.3) is 0 Å². The minimum absolute atomic E-state index is 0.142. The maximum Gasteiger partial charge on any atom is 0.311 e. The van der Waals surface area contributed by atoms with E-state index in [1.807, 2.05) is 0 Å². The third-order valence-electron chi connectivity index (χ3n) is 2.62. The molecule has 20 heavy (non-hydrogen) atoms. The number of hydrogen-bond donors (Lipinski definition) is 0. The second-order valence-electron chi connectivity index (χ2n) is 4.03. The predicted octanol–water partition coefficient (Wildman–Crippen LogP) is 3.73. The van der Waals surface area contributed by atoms with Crippen molar-refractivity contribution in [3.63, 3.8) is 0 Å². The molecule has 2 aromatic carbocycles. The van der Waals surface area contributed by atoms with Crippen LogP contribution in [0.2, 0.25) is 0 Å². The molecule has 0 aliphatic heterocycles. The summed E-state index contributed by atoms with van der Waals surface area (Å²) < 4.78 is 18.7. The first-order valence-electron chi connectivity index (χ1n) is 5.71. The van der Waals surface area contributed by atoms with Gasteiger partial charge in [-0.15, -0.1) is 0 Å². The smallest absolute Gasteiger partial charge is 0.311 e. The van der Waals surface area contributed by atoms with Gasteiger partial charge in [-0.25, -0.2) is 4.39 Å². The van der Waals surface area contributed by atoms with E-state index in [2.05, 4.69) is 0 Å². The third kappa shape index (κ3) is 2.80. The van der Waals surface area contributed by atoms with Crippen LogP contribution in [0.3, 0.4) is 0 Å². The Morgan fingerprint density at radius 1 is 1.20 bits per heavy atom. The molecule has 0 aromatic heterocycles. The number of carbonyl (C=O) groups is 1. The molecule has 0 heterocycles. The third-order valence-corrected chi connectivity index (χ3v) is 2.62. The van der Waals surface area contributed by atoms with Crippen molar-refractivity contribution >= 4 is 11.5 Å². The SMILES string of the molecule is CC(=O)c1ccc([N+](=O)[O-])c(Oc2ccccc2F)c1. The Bertz CT molecular complexity index is 685. The zero-order valence-electron chi connectivity index (χ0n) is 10.5. The van der Waals surface area contributed by atoms with Gasteiger partial charge in [0.2, 0.25) is 5.75 Å². The monoisotopic (exact) mass is 275 g/mol. The Morgan fingerprint density at radius 3 is 2.50 bits per heavy atom. The number of halogens is 1. The normalized spacial score (nSPS) is 10.1. The summed E-state index contributed by atoms with van der Waals surface area (Å²) in [6.07, 6.45) is 0. The highest BCUT2D eigenvalue weighted by molar-refractivity contribution is 5.94. The van der Waals surface area contributed by atoms with Crippen molar-refractivity contribution < 1.29 is 18.8 Å². The van der Waals surface area contributed by atoms with Crippen LogP contribution < -0.4 is 4.74 Å². The molecule has 2 aromatic rings. The van der Waals surface area contributed by atoms with Crippen molar-refractivity contribution in [2.75, 3.05) is 0 Å². The summed E-state index contributed by atoms with van der Waals surface area (Å²) in [5.74, 6) is -1.22. The molecule has 0 fully saturated rings. The number of ether oxygens (including phenoxy) is 1. The van der Waals surface area contributed by atoms with Crippen LogP contribution in [-0.2, 0) is 0 Å². The second kappa shape index (κ2) is 5.48. The maximum absolute atomic E-state index is 13.5. The van der Waals surface area contributed by atoms with Gasteiger partial charge in [-0.2, -0.15) is 0 Å². The molecule has 0 amide bonds. The standard InChI is InChI=1S/C14H10FNO4/c1-9(17)10-6-7-12(16(18)19)14(8-10)20-13-5-3-2-4-11(13)15/h2-8H,1H3. The van der Waals surface area contributed by atoms with E-state index in [1.54, 1.807) is 6.07 Å². The highest BCUT2D eigenvalue weighted by atomic mass is 19.1. The molecule has 0 spiro atoms. The van der Waals surface area contributed by atoms with Crippen LogP contribution in [0.5, 0.6) is 11.5 Å². The van der Waals surface area contributed by atoms with Crippen molar-refractivity contribution in [1.82, 2.24) is 0 Å². The molecule has 0 atom stereocenters. The first-order chi connectivity index (χ1) is 9.49. The lowest BCUT2D eigenvalue weighted by molar-refractivity contribution is -0.385. The van der Waals surface area contributed by atoms with E-state index in [4.69, 9.17) is 4.74 Å². The van der Waals surface area contributed by atoms with Gasteiger partial charge in [-0.05, 0) is 31.2 Å². The molecule has 102 valence electrons. The van der Waals surface area contributed by atoms with Crippen LogP contribution in [0.4, 0.5) is 10.1 Å². The van der Waals surface area contributed by atoms with E-state index in [0.29, 0.717) is 0 Å². The van der Waals surface area contributed by atoms with Gasteiger partial charge < -0.3 is 4.74 Å². The zero-order valence-corrected chi connectivity index (χ0v) is 10.5. The van der Waals surface area contributed by atoms with Gasteiger partial charge in [0.1, 0.15) is 0 Å². The fraction of sp³-hybridized carbons (Fsp3) is 0.0714. The van der Waals surface area contributed by atoms with Gasteiger partial charge in [0.15, 0.2) is 17.3 Å². The fourth-order valence-corrected chi connectivity index (χ4v) is 1.61. The lowest BCUT2D eigenvalue weighted by Crippen LogP contribution is -1.98. The topological polar surface area (TPSA) is 69.4 Å². The molecule has 0 aliphatic rings. The highest BCUT2D eigenvalue weighted by Crippen LogP contribution is 2.33. The molecule has 0 bridgehead atoms. The molecule has 0 aliphatic carbocycles. The summed E-state index contributed by atoms with van der Waals surface area (Å²) in [4.78, 5) is 21.6. The molecular weight excluding hydrogens is 265 g/mol. The largest absolute Gasteiger partial charge is 0.447 e. The van der Waals surface area contributed by atoms with Crippen LogP contribution in [0, 0.1) is 15.9 Å². The quantitative estimate of drug-likeness (QED) is 0.484. The van der Waals surface area contributed by atoms with Crippen molar-refractivity contribution in [3.8, 4) is 11.5 Å². The van der Waals surface area contributed by atoms with Gasteiger partial charge in [-0.1, -0.05) is 12.1 Å². The molecule has 5 nitrogen and oxygen atoms in total. The number of para-hydroxylation sites is 1. The summed E-state index contributed by atoms with van der Waals surface area (Å²) in [6, 6.07) is 9.26. The van der Waals surface area contributed by atoms with Crippen molar-refractivity contribution in [3.05, 3.63) is 64.0 Å². The summed E-state index contributed by atoms with van der Waals surface area (Å²) in [6.45, 7) is 1.33. The maximum atomic E-state index is 13.5. The van der Waals surface area contributed by atoms with E-state index in [-0.39, 0.29) is 28.5 Å². The predicted molar refractivity (Wildman–Crippen MR) is 69.6 cm³/mol. The molecule has 0 saturated carbocycles. The lowest BCUT2D eigenvalue weighted by Gasteiger charge is -2.08. The number of carbonyl (C=O) groups excluding carboxylic acids is 1. The first kappa shape index (κ1) is 13.7. The average Bonchev–Trinajstić information content (AvgIpc) is 2.41. The van der Waals surface area contributed by atoms with Crippen molar-refractivity contribution in [1.29, 1.82) is 0 Å². The Labute approximate surface area is 113 Å². The number of nitrogens with zero attached hydrogens (tertiary/aromatic N) is 1. The minimum atomic E-state index is -0.653. The van der Waals surface area contributed by atoms with Gasteiger partial charge in [-0.3, -0.25) is 14.9 Å². The molecule has 0 saturated heterocycles. The van der Waals surface area contributed by atoms with E-state index >= 15 is 0 Å². The van der Waals surface area contributed by atoms with Gasteiger partial charge in [0.05, 0.1) is 4.92 Å². The molecular formula is C14H10FNO4.